The molecule has 3 heterocycles. The highest BCUT2D eigenvalue weighted by Gasteiger charge is 2.33. The van der Waals surface area contributed by atoms with Gasteiger partial charge in [-0.1, -0.05) is 56.5 Å². The third-order valence-corrected chi connectivity index (χ3v) is 8.01. The number of ether oxygens (including phenoxy) is 2. The Labute approximate surface area is 228 Å². The fourth-order valence-electron chi connectivity index (χ4n) is 6.04. The molecular formula is C30H36N6O3. The molecule has 2 aromatic heterocycles. The highest BCUT2D eigenvalue weighted by atomic mass is 16.6. The highest BCUT2D eigenvalue weighted by molar-refractivity contribution is 5.83. The summed E-state index contributed by atoms with van der Waals surface area (Å²) < 4.78 is 13.5. The minimum Gasteiger partial charge on any atom is -0.486 e. The summed E-state index contributed by atoms with van der Waals surface area (Å²) in [6, 6.07) is 16.7. The molecule has 2 aromatic carbocycles. The SMILES string of the molecule is CCC[C@@H](c1nnnn1CCc1ccccc1)N(Cc1cc2cc3c(cc2[nH]c1=O)OCCO3)C1CCCC1. The lowest BCUT2D eigenvalue weighted by molar-refractivity contribution is 0.108. The van der Waals surface area contributed by atoms with Crippen molar-refractivity contribution in [3.8, 4) is 11.5 Å². The number of hydrogen-bond acceptors (Lipinski definition) is 7. The zero-order valence-electron chi connectivity index (χ0n) is 22.5. The van der Waals surface area contributed by atoms with E-state index in [0.717, 1.165) is 66.7 Å². The van der Waals surface area contributed by atoms with Gasteiger partial charge in [0.2, 0.25) is 0 Å². The molecular weight excluding hydrogens is 492 g/mol. The van der Waals surface area contributed by atoms with E-state index in [0.29, 0.717) is 31.5 Å². The second kappa shape index (κ2) is 11.6. The number of H-pyrrole nitrogens is 1. The molecule has 39 heavy (non-hydrogen) atoms. The summed E-state index contributed by atoms with van der Waals surface area (Å²) >= 11 is 0. The Morgan fingerprint density at radius 3 is 2.62 bits per heavy atom. The zero-order chi connectivity index (χ0) is 26.6. The van der Waals surface area contributed by atoms with E-state index < -0.39 is 0 Å². The maximum atomic E-state index is 13.3. The normalized spacial score (nSPS) is 16.3. The standard InChI is InChI=1S/C30H36N6O3/c1-2-8-26(29-32-33-34-36(29)14-13-21-9-4-3-5-10-21)35(24-11-6-7-12-24)20-23-17-22-18-27-28(39-16-15-38-27)19-25(22)31-30(23)37/h3-5,9-10,17-19,24,26H,2,6-8,11-16,20H2,1H3,(H,31,37)/t26-/m0/s1. The number of pyridine rings is 1. The van der Waals surface area contributed by atoms with Crippen molar-refractivity contribution in [2.24, 2.45) is 0 Å². The molecule has 1 aliphatic carbocycles. The maximum absolute atomic E-state index is 13.3. The van der Waals surface area contributed by atoms with Gasteiger partial charge in [0, 0.05) is 36.1 Å². The fourth-order valence-corrected chi connectivity index (χ4v) is 6.04. The molecule has 6 rings (SSSR count). The number of aromatic nitrogens is 5. The van der Waals surface area contributed by atoms with Crippen LogP contribution in [0.1, 0.15) is 68.4 Å². The molecule has 0 spiro atoms. The molecule has 0 radical (unpaired) electrons. The van der Waals surface area contributed by atoms with Gasteiger partial charge >= 0.3 is 0 Å². The average molecular weight is 529 g/mol. The lowest BCUT2D eigenvalue weighted by Crippen LogP contribution is -2.39. The van der Waals surface area contributed by atoms with Crippen LogP contribution in [0.4, 0.5) is 0 Å². The average Bonchev–Trinajstić information content (AvgIpc) is 3.66. The van der Waals surface area contributed by atoms with Gasteiger partial charge in [-0.3, -0.25) is 9.69 Å². The van der Waals surface area contributed by atoms with Crippen LogP contribution in [0.5, 0.6) is 11.5 Å². The van der Waals surface area contributed by atoms with Crippen molar-refractivity contribution in [3.05, 3.63) is 75.8 Å². The van der Waals surface area contributed by atoms with Gasteiger partial charge in [-0.2, -0.15) is 0 Å². The second-order valence-electron chi connectivity index (χ2n) is 10.6. The quantitative estimate of drug-likeness (QED) is 0.315. The first kappa shape index (κ1) is 25.6. The molecule has 0 bridgehead atoms. The number of rotatable bonds is 10. The first-order valence-corrected chi connectivity index (χ1v) is 14.2. The topological polar surface area (TPSA) is 98.2 Å². The first-order valence-electron chi connectivity index (χ1n) is 14.2. The Morgan fingerprint density at radius 2 is 1.85 bits per heavy atom. The van der Waals surface area contributed by atoms with Gasteiger partial charge in [-0.25, -0.2) is 4.68 Å². The lowest BCUT2D eigenvalue weighted by Gasteiger charge is -2.35. The molecule has 1 atom stereocenters. The van der Waals surface area contributed by atoms with E-state index in [1.54, 1.807) is 0 Å². The Balaban J connectivity index is 1.32. The monoisotopic (exact) mass is 528 g/mol. The van der Waals surface area contributed by atoms with Gasteiger partial charge in [0.15, 0.2) is 17.3 Å². The van der Waals surface area contributed by atoms with Crippen LogP contribution in [0.3, 0.4) is 0 Å². The van der Waals surface area contributed by atoms with Crippen LogP contribution < -0.4 is 15.0 Å². The van der Waals surface area contributed by atoms with E-state index in [4.69, 9.17) is 9.47 Å². The van der Waals surface area contributed by atoms with E-state index >= 15 is 0 Å². The summed E-state index contributed by atoms with van der Waals surface area (Å²) in [6.45, 7) is 4.50. The summed E-state index contributed by atoms with van der Waals surface area (Å²) in [6.07, 6.45) is 7.43. The summed E-state index contributed by atoms with van der Waals surface area (Å²) in [5, 5.41) is 14.0. The lowest BCUT2D eigenvalue weighted by atomic mass is 10.0. The predicted molar refractivity (Wildman–Crippen MR) is 149 cm³/mol. The molecule has 9 heteroatoms. The number of hydrogen-bond donors (Lipinski definition) is 1. The largest absolute Gasteiger partial charge is 0.486 e. The van der Waals surface area contributed by atoms with Crippen molar-refractivity contribution in [2.75, 3.05) is 13.2 Å². The zero-order valence-corrected chi connectivity index (χ0v) is 22.5. The van der Waals surface area contributed by atoms with Gasteiger partial charge in [-0.15, -0.1) is 5.10 Å². The molecule has 204 valence electrons. The first-order chi connectivity index (χ1) is 19.2. The van der Waals surface area contributed by atoms with Crippen molar-refractivity contribution in [1.29, 1.82) is 0 Å². The molecule has 2 aliphatic rings. The number of fused-ring (bicyclic) bond motifs is 2. The molecule has 4 aromatic rings. The van der Waals surface area contributed by atoms with Crippen molar-refractivity contribution in [3.63, 3.8) is 0 Å². The van der Waals surface area contributed by atoms with Gasteiger partial charge in [-0.05, 0) is 53.8 Å². The van der Waals surface area contributed by atoms with Crippen LogP contribution in [-0.4, -0.2) is 49.3 Å². The Kier molecular flexibility index (Phi) is 7.58. The second-order valence-corrected chi connectivity index (χ2v) is 10.6. The van der Waals surface area contributed by atoms with Gasteiger partial charge in [0.1, 0.15) is 13.2 Å². The van der Waals surface area contributed by atoms with Crippen LogP contribution in [0.25, 0.3) is 10.9 Å². The molecule has 1 aliphatic heterocycles. The minimum absolute atomic E-state index is 0.0271. The highest BCUT2D eigenvalue weighted by Crippen LogP contribution is 2.36. The predicted octanol–water partition coefficient (Wildman–Crippen LogP) is 4.81. The van der Waals surface area contributed by atoms with Crippen LogP contribution in [0.2, 0.25) is 0 Å². The van der Waals surface area contributed by atoms with E-state index in [-0.39, 0.29) is 11.6 Å². The van der Waals surface area contributed by atoms with Gasteiger partial charge < -0.3 is 14.5 Å². The molecule has 1 N–H and O–H groups in total. The summed E-state index contributed by atoms with van der Waals surface area (Å²) in [7, 11) is 0. The van der Waals surface area contributed by atoms with Crippen LogP contribution in [0, 0.1) is 0 Å². The van der Waals surface area contributed by atoms with Gasteiger partial charge in [0.05, 0.1) is 11.6 Å². The molecule has 0 unspecified atom stereocenters. The third-order valence-electron chi connectivity index (χ3n) is 8.01. The van der Waals surface area contributed by atoms with E-state index in [1.807, 2.05) is 28.9 Å². The third kappa shape index (κ3) is 5.54. The Hall–Kier alpha value is -3.72. The number of benzene rings is 2. The van der Waals surface area contributed by atoms with Crippen molar-refractivity contribution >= 4 is 10.9 Å². The van der Waals surface area contributed by atoms with Gasteiger partial charge in [0.25, 0.3) is 5.56 Å². The summed E-state index contributed by atoms with van der Waals surface area (Å²) in [5.74, 6) is 2.28. The summed E-state index contributed by atoms with van der Waals surface area (Å²) in [5.41, 5.74) is 2.70. The van der Waals surface area contributed by atoms with Crippen molar-refractivity contribution in [1.82, 2.24) is 30.1 Å². The Bertz CT molecular complexity index is 1460. The van der Waals surface area contributed by atoms with E-state index in [2.05, 4.69) is 56.6 Å². The Morgan fingerprint density at radius 1 is 1.08 bits per heavy atom. The molecule has 9 nitrogen and oxygen atoms in total. The smallest absolute Gasteiger partial charge is 0.252 e. The minimum atomic E-state index is -0.0684. The maximum Gasteiger partial charge on any atom is 0.252 e. The number of nitrogens with one attached hydrogen (secondary N) is 1. The van der Waals surface area contributed by atoms with Crippen LogP contribution in [0.15, 0.2) is 53.3 Å². The van der Waals surface area contributed by atoms with E-state index in [1.165, 1.54) is 18.4 Å². The number of nitrogens with zero attached hydrogens (tertiary/aromatic N) is 5. The molecule has 0 saturated heterocycles. The summed E-state index contributed by atoms with van der Waals surface area (Å²) in [4.78, 5) is 18.9. The van der Waals surface area contributed by atoms with Crippen molar-refractivity contribution < 1.29 is 9.47 Å². The molecule has 1 fully saturated rings. The number of aromatic amines is 1. The molecule has 0 amide bonds. The number of aryl methyl sites for hydroxylation is 2. The van der Waals surface area contributed by atoms with Crippen molar-refractivity contribution in [2.45, 2.75) is 77.0 Å². The number of tetrazole rings is 1. The fraction of sp³-hybridized carbons (Fsp3) is 0.467. The molecule has 1 saturated carbocycles. The van der Waals surface area contributed by atoms with Crippen LogP contribution >= 0.6 is 0 Å². The van der Waals surface area contributed by atoms with Crippen LogP contribution in [-0.2, 0) is 19.5 Å². The van der Waals surface area contributed by atoms with E-state index in [9.17, 15) is 4.79 Å².